The van der Waals surface area contributed by atoms with E-state index in [9.17, 15) is 9.59 Å². The summed E-state index contributed by atoms with van der Waals surface area (Å²) in [6.45, 7) is 6.28. The van der Waals surface area contributed by atoms with Crippen molar-refractivity contribution in [2.24, 2.45) is 5.92 Å². The van der Waals surface area contributed by atoms with E-state index in [1.165, 1.54) is 12.8 Å². The molecule has 1 aliphatic carbocycles. The molecular formula is C19H28Cl2N2O2. The Labute approximate surface area is 160 Å². The molecule has 25 heavy (non-hydrogen) atoms. The van der Waals surface area contributed by atoms with Gasteiger partial charge in [-0.15, -0.1) is 0 Å². The number of imide groups is 1. The fraction of sp³-hybridized carbons (Fsp3) is 0.579. The van der Waals surface area contributed by atoms with Crippen molar-refractivity contribution < 1.29 is 9.59 Å². The molecule has 2 rings (SSSR count). The van der Waals surface area contributed by atoms with E-state index in [1.807, 2.05) is 19.9 Å². The van der Waals surface area contributed by atoms with Crippen LogP contribution in [0.4, 0.5) is 4.79 Å². The van der Waals surface area contributed by atoms with Gasteiger partial charge in [-0.05, 0) is 37.0 Å². The molecule has 1 atom stereocenters. The summed E-state index contributed by atoms with van der Waals surface area (Å²) in [5.41, 5.74) is 0.799. The summed E-state index contributed by atoms with van der Waals surface area (Å²) in [7, 11) is 0. The first-order valence-corrected chi connectivity index (χ1v) is 9.80. The first-order chi connectivity index (χ1) is 12.0. The van der Waals surface area contributed by atoms with Crippen LogP contribution in [0.5, 0.6) is 0 Å². The topological polar surface area (TPSA) is 58.2 Å². The Morgan fingerprint density at radius 1 is 1.16 bits per heavy atom. The molecule has 0 spiro atoms. The van der Waals surface area contributed by atoms with E-state index in [-0.39, 0.29) is 5.91 Å². The molecule has 1 unspecified atom stereocenters. The minimum atomic E-state index is -0.464. The van der Waals surface area contributed by atoms with Crippen molar-refractivity contribution in [2.45, 2.75) is 58.8 Å². The number of carbonyl (C=O) groups is 2. The number of halogens is 2. The average molecular weight is 387 g/mol. The largest absolute Gasteiger partial charge is 0.338 e. The monoisotopic (exact) mass is 386 g/mol. The van der Waals surface area contributed by atoms with Gasteiger partial charge < -0.3 is 5.32 Å². The van der Waals surface area contributed by atoms with Gasteiger partial charge in [-0.3, -0.25) is 10.1 Å². The molecule has 6 heteroatoms. The zero-order chi connectivity index (χ0) is 18.8. The molecule has 0 heterocycles. The second-order valence-electron chi connectivity index (χ2n) is 5.96. The zero-order valence-corrected chi connectivity index (χ0v) is 16.7. The number of urea groups is 1. The van der Waals surface area contributed by atoms with Crippen molar-refractivity contribution >= 4 is 35.1 Å². The van der Waals surface area contributed by atoms with Gasteiger partial charge in [0.25, 0.3) is 0 Å². The summed E-state index contributed by atoms with van der Waals surface area (Å²) < 4.78 is 0. The molecule has 0 radical (unpaired) electrons. The summed E-state index contributed by atoms with van der Waals surface area (Å²) in [5, 5.41) is 5.88. The summed E-state index contributed by atoms with van der Waals surface area (Å²) in [4.78, 5) is 24.2. The fourth-order valence-corrected chi connectivity index (χ4v) is 3.41. The molecular weight excluding hydrogens is 359 g/mol. The lowest BCUT2D eigenvalue weighted by Gasteiger charge is -2.20. The maximum absolute atomic E-state index is 12.6. The smallest absolute Gasteiger partial charge is 0.321 e. The summed E-state index contributed by atoms with van der Waals surface area (Å²) in [6, 6.07) is 4.76. The fourth-order valence-electron chi connectivity index (χ4n) is 3.11. The molecule has 140 valence electrons. The predicted octanol–water partition coefficient (Wildman–Crippen LogP) is 5.53. The van der Waals surface area contributed by atoms with Crippen LogP contribution in [0, 0.1) is 5.92 Å². The Kier molecular flexibility index (Phi) is 9.91. The highest BCUT2D eigenvalue weighted by molar-refractivity contribution is 6.42. The van der Waals surface area contributed by atoms with Gasteiger partial charge in [0, 0.05) is 6.54 Å². The van der Waals surface area contributed by atoms with E-state index in [1.54, 1.807) is 19.1 Å². The number of nitrogens with one attached hydrogen (secondary N) is 2. The van der Waals surface area contributed by atoms with Crippen LogP contribution in [-0.2, 0) is 4.79 Å². The molecule has 1 aliphatic rings. The molecule has 1 aromatic carbocycles. The van der Waals surface area contributed by atoms with Crippen LogP contribution >= 0.6 is 23.2 Å². The predicted molar refractivity (Wildman–Crippen MR) is 104 cm³/mol. The van der Waals surface area contributed by atoms with Gasteiger partial charge in [-0.2, -0.15) is 0 Å². The quantitative estimate of drug-likeness (QED) is 0.698. The number of hydrogen-bond donors (Lipinski definition) is 2. The van der Waals surface area contributed by atoms with E-state index in [2.05, 4.69) is 10.6 Å². The first kappa shape index (κ1) is 21.8. The highest BCUT2D eigenvalue weighted by Crippen LogP contribution is 2.36. The molecule has 1 aromatic rings. The molecule has 0 aliphatic heterocycles. The Hall–Kier alpha value is -1.26. The Morgan fingerprint density at radius 2 is 1.80 bits per heavy atom. The molecule has 1 fully saturated rings. The number of benzene rings is 1. The number of amides is 3. The van der Waals surface area contributed by atoms with Crippen molar-refractivity contribution in [2.75, 3.05) is 6.54 Å². The van der Waals surface area contributed by atoms with Gasteiger partial charge in [-0.1, -0.05) is 68.8 Å². The third-order valence-electron chi connectivity index (χ3n) is 4.28. The molecule has 0 aromatic heterocycles. The maximum Gasteiger partial charge on any atom is 0.321 e. The summed E-state index contributed by atoms with van der Waals surface area (Å²) in [5.74, 6) is -0.175. The van der Waals surface area contributed by atoms with E-state index in [4.69, 9.17) is 23.2 Å². The highest BCUT2D eigenvalue weighted by Gasteiger charge is 2.28. The highest BCUT2D eigenvalue weighted by atomic mass is 35.5. The number of hydrogen-bond acceptors (Lipinski definition) is 2. The third-order valence-corrected chi connectivity index (χ3v) is 5.02. The van der Waals surface area contributed by atoms with E-state index < -0.39 is 11.9 Å². The summed E-state index contributed by atoms with van der Waals surface area (Å²) >= 11 is 12.1. The van der Waals surface area contributed by atoms with Crippen LogP contribution in [0.2, 0.25) is 10.0 Å². The molecule has 2 N–H and O–H groups in total. The van der Waals surface area contributed by atoms with Crippen molar-refractivity contribution in [1.29, 1.82) is 0 Å². The van der Waals surface area contributed by atoms with Crippen molar-refractivity contribution in [1.82, 2.24) is 10.6 Å². The van der Waals surface area contributed by atoms with Gasteiger partial charge in [0.05, 0.1) is 16.0 Å². The molecule has 0 saturated heterocycles. The number of rotatable bonds is 5. The second kappa shape index (κ2) is 11.4. The second-order valence-corrected chi connectivity index (χ2v) is 6.78. The molecule has 4 nitrogen and oxygen atoms in total. The first-order valence-electron chi connectivity index (χ1n) is 9.05. The molecule has 3 amide bonds. The van der Waals surface area contributed by atoms with E-state index >= 15 is 0 Å². The van der Waals surface area contributed by atoms with Crippen LogP contribution in [0.1, 0.15) is 64.4 Å². The SMILES string of the molecule is CC.CCNC(=O)NC(=O)C(CC1CCCC1)c1ccc(Cl)c(Cl)c1. The Morgan fingerprint density at radius 3 is 2.36 bits per heavy atom. The lowest BCUT2D eigenvalue weighted by molar-refractivity contribution is -0.121. The zero-order valence-electron chi connectivity index (χ0n) is 15.2. The van der Waals surface area contributed by atoms with Crippen molar-refractivity contribution in [3.8, 4) is 0 Å². The minimum Gasteiger partial charge on any atom is -0.338 e. The van der Waals surface area contributed by atoms with E-state index in [0.717, 1.165) is 24.8 Å². The van der Waals surface area contributed by atoms with Gasteiger partial charge in [-0.25, -0.2) is 4.79 Å². The average Bonchev–Trinajstić information content (AvgIpc) is 3.10. The third kappa shape index (κ3) is 6.87. The van der Waals surface area contributed by atoms with Crippen molar-refractivity contribution in [3.05, 3.63) is 33.8 Å². The van der Waals surface area contributed by atoms with Crippen LogP contribution in [-0.4, -0.2) is 18.5 Å². The van der Waals surface area contributed by atoms with Gasteiger partial charge in [0.1, 0.15) is 0 Å². The summed E-state index contributed by atoms with van der Waals surface area (Å²) in [6.07, 6.45) is 5.40. The Balaban J connectivity index is 0.00000151. The molecule has 0 bridgehead atoms. The maximum atomic E-state index is 12.6. The van der Waals surface area contributed by atoms with E-state index in [0.29, 0.717) is 22.5 Å². The standard InChI is InChI=1S/C17H22Cl2N2O2.C2H6/c1-2-20-17(23)21-16(22)13(9-11-5-3-4-6-11)12-7-8-14(18)15(19)10-12;1-2/h7-8,10-11,13H,2-6,9H2,1H3,(H2,20,21,22,23);1-2H3. The lowest BCUT2D eigenvalue weighted by atomic mass is 9.87. The van der Waals surface area contributed by atoms with Crippen molar-refractivity contribution in [3.63, 3.8) is 0 Å². The Bertz CT molecular complexity index is 573. The molecule has 1 saturated carbocycles. The van der Waals surface area contributed by atoms with Crippen LogP contribution in [0.15, 0.2) is 18.2 Å². The van der Waals surface area contributed by atoms with Crippen LogP contribution in [0.3, 0.4) is 0 Å². The van der Waals surface area contributed by atoms with Crippen LogP contribution < -0.4 is 10.6 Å². The van der Waals surface area contributed by atoms with Gasteiger partial charge in [0.2, 0.25) is 5.91 Å². The van der Waals surface area contributed by atoms with Gasteiger partial charge in [0.15, 0.2) is 0 Å². The lowest BCUT2D eigenvalue weighted by Crippen LogP contribution is -2.42. The van der Waals surface area contributed by atoms with Gasteiger partial charge >= 0.3 is 6.03 Å². The minimum absolute atomic E-state index is 0.291. The number of carbonyl (C=O) groups excluding carboxylic acids is 2. The van der Waals surface area contributed by atoms with Crippen LogP contribution in [0.25, 0.3) is 0 Å². The normalized spacial score (nSPS) is 15.1.